The number of unbranched alkanes of at least 4 members (excludes halogenated alkanes) is 26. The van der Waals surface area contributed by atoms with Crippen LogP contribution in [0.25, 0.3) is 0 Å². The fourth-order valence-corrected chi connectivity index (χ4v) is 7.29. The van der Waals surface area contributed by atoms with Crippen LogP contribution in [0.1, 0.15) is 213 Å². The van der Waals surface area contributed by atoms with Crippen LogP contribution in [0, 0.1) is 0 Å². The first-order chi connectivity index (χ1) is 24.3. The van der Waals surface area contributed by atoms with E-state index in [4.69, 9.17) is 14.8 Å². The number of aliphatic hydroxyl groups is 2. The van der Waals surface area contributed by atoms with Gasteiger partial charge in [-0.2, -0.15) is 0 Å². The predicted molar refractivity (Wildman–Crippen MR) is 209 cm³/mol. The Morgan fingerprint density at radius 3 is 1.34 bits per heavy atom. The number of phosphoric acid groups is 1. The summed E-state index contributed by atoms with van der Waals surface area (Å²) < 4.78 is 22.1. The molecule has 4 unspecified atom stereocenters. The second-order valence-corrected chi connectivity index (χ2v) is 16.2. The maximum atomic E-state index is 12.8. The van der Waals surface area contributed by atoms with E-state index in [1.54, 1.807) is 0 Å². The molecule has 0 aromatic carbocycles. The van der Waals surface area contributed by atoms with Gasteiger partial charge in [0.25, 0.3) is 0 Å². The predicted octanol–water partition coefficient (Wildman–Crippen LogP) is 10.4. The molecule has 50 heavy (non-hydrogen) atoms. The van der Waals surface area contributed by atoms with Crippen LogP contribution in [-0.2, 0) is 18.4 Å². The summed E-state index contributed by atoms with van der Waals surface area (Å²) in [6.45, 7) is 4.04. The number of nitrogens with one attached hydrogen (secondary N) is 1. The summed E-state index contributed by atoms with van der Waals surface area (Å²) in [7, 11) is -4.36. The molecule has 0 fully saturated rings. The minimum absolute atomic E-state index is 0.0623. The molecule has 0 rings (SSSR count). The third-order valence-corrected chi connectivity index (χ3v) is 10.7. The fourth-order valence-electron chi connectivity index (χ4n) is 6.53. The molecule has 1 amide bonds. The van der Waals surface area contributed by atoms with Crippen LogP contribution in [0.2, 0.25) is 0 Å². The zero-order valence-corrected chi connectivity index (χ0v) is 33.7. The number of carbonyl (C=O) groups excluding carboxylic acids is 1. The Bertz CT molecular complexity index is 776. The molecule has 0 aliphatic carbocycles. The minimum atomic E-state index is -4.36. The van der Waals surface area contributed by atoms with Gasteiger partial charge >= 0.3 is 7.82 Å². The lowest BCUT2D eigenvalue weighted by Crippen LogP contribution is -2.47. The van der Waals surface area contributed by atoms with Crippen molar-refractivity contribution in [1.29, 1.82) is 0 Å². The van der Waals surface area contributed by atoms with E-state index in [9.17, 15) is 24.5 Å². The Hall–Kier alpha value is -0.540. The van der Waals surface area contributed by atoms with E-state index in [0.29, 0.717) is 12.8 Å². The van der Waals surface area contributed by atoms with Crippen LogP contribution in [0.15, 0.2) is 0 Å². The topological polar surface area (TPSA) is 151 Å². The van der Waals surface area contributed by atoms with E-state index >= 15 is 0 Å². The summed E-state index contributed by atoms with van der Waals surface area (Å²) in [5.41, 5.74) is 5.35. The highest BCUT2D eigenvalue weighted by Gasteiger charge is 2.28. The van der Waals surface area contributed by atoms with Crippen molar-refractivity contribution < 1.29 is 33.5 Å². The molecule has 0 heterocycles. The van der Waals surface area contributed by atoms with Crippen molar-refractivity contribution in [2.45, 2.75) is 231 Å². The van der Waals surface area contributed by atoms with E-state index in [1.165, 1.54) is 141 Å². The third-order valence-electron chi connectivity index (χ3n) is 9.77. The molecule has 0 aliphatic heterocycles. The molecule has 0 radical (unpaired) electrons. The van der Waals surface area contributed by atoms with Crippen LogP contribution in [0.5, 0.6) is 0 Å². The molecule has 0 spiro atoms. The number of aliphatic hydroxyl groups excluding tert-OH is 2. The van der Waals surface area contributed by atoms with Gasteiger partial charge in [0, 0.05) is 6.54 Å². The van der Waals surface area contributed by atoms with Gasteiger partial charge in [-0.1, -0.05) is 194 Å². The lowest BCUT2D eigenvalue weighted by atomic mass is 10.0. The van der Waals surface area contributed by atoms with Gasteiger partial charge in [-0.25, -0.2) is 4.57 Å². The number of nitrogens with two attached hydrogens (primary N) is 1. The van der Waals surface area contributed by atoms with Gasteiger partial charge in [-0.3, -0.25) is 13.8 Å². The van der Waals surface area contributed by atoms with Crippen molar-refractivity contribution in [3.05, 3.63) is 0 Å². The van der Waals surface area contributed by atoms with Gasteiger partial charge in [-0.05, 0) is 12.8 Å². The highest BCUT2D eigenvalue weighted by molar-refractivity contribution is 7.47. The maximum absolute atomic E-state index is 12.8. The van der Waals surface area contributed by atoms with E-state index in [0.717, 1.165) is 38.5 Å². The average Bonchev–Trinajstić information content (AvgIpc) is 3.09. The standard InChI is InChI=1S/C40H83N2O7P/c1-3-5-7-9-11-13-15-16-17-18-19-20-21-22-23-25-27-29-31-37(43)35-40(45)42-38(36-49-50(46,47)48-34-33-41)39(44)32-30-28-26-24-14-12-10-8-6-4-2/h37-39,43-44H,3-36,41H2,1-2H3,(H,42,45)(H,46,47). The molecule has 0 aromatic rings. The van der Waals surface area contributed by atoms with Crippen molar-refractivity contribution >= 4 is 13.7 Å². The van der Waals surface area contributed by atoms with Gasteiger partial charge in [0.2, 0.25) is 5.91 Å². The quantitative estimate of drug-likeness (QED) is 0.0308. The molecule has 9 nitrogen and oxygen atoms in total. The highest BCUT2D eigenvalue weighted by atomic mass is 31.2. The zero-order valence-electron chi connectivity index (χ0n) is 32.8. The SMILES string of the molecule is CCCCCCCCCCCCCCCCCCCCC(O)CC(=O)NC(COP(=O)(O)OCCN)C(O)CCCCCCCCCCCC. The van der Waals surface area contributed by atoms with Crippen LogP contribution in [-0.4, -0.2) is 59.0 Å². The summed E-state index contributed by atoms with van der Waals surface area (Å²) in [6, 6.07) is -0.889. The molecule has 0 aliphatic rings. The molecule has 300 valence electrons. The summed E-state index contributed by atoms with van der Waals surface area (Å²) in [6.07, 6.45) is 34.4. The molecule has 10 heteroatoms. The highest BCUT2D eigenvalue weighted by Crippen LogP contribution is 2.43. The van der Waals surface area contributed by atoms with Crippen molar-refractivity contribution in [3.63, 3.8) is 0 Å². The normalized spacial score (nSPS) is 14.8. The van der Waals surface area contributed by atoms with E-state index in [1.807, 2.05) is 0 Å². The van der Waals surface area contributed by atoms with Crippen LogP contribution < -0.4 is 11.1 Å². The van der Waals surface area contributed by atoms with Gasteiger partial charge in [0.05, 0.1) is 37.9 Å². The Morgan fingerprint density at radius 2 is 0.960 bits per heavy atom. The van der Waals surface area contributed by atoms with Crippen LogP contribution in [0.3, 0.4) is 0 Å². The zero-order chi connectivity index (χ0) is 37.0. The Kier molecular flexibility index (Phi) is 36.4. The first kappa shape index (κ1) is 49.5. The summed E-state index contributed by atoms with van der Waals surface area (Å²) >= 11 is 0. The molecule has 4 atom stereocenters. The smallest absolute Gasteiger partial charge is 0.393 e. The lowest BCUT2D eigenvalue weighted by Gasteiger charge is -2.25. The largest absolute Gasteiger partial charge is 0.472 e. The average molecular weight is 735 g/mol. The fraction of sp³-hybridized carbons (Fsp3) is 0.975. The first-order valence-corrected chi connectivity index (χ1v) is 22.7. The Balaban J connectivity index is 4.17. The third kappa shape index (κ3) is 34.5. The number of rotatable bonds is 40. The summed E-state index contributed by atoms with van der Waals surface area (Å²) in [5, 5.41) is 24.1. The second-order valence-electron chi connectivity index (χ2n) is 14.8. The van der Waals surface area contributed by atoms with E-state index < -0.39 is 32.0 Å². The molecule has 0 saturated carbocycles. The molecule has 6 N–H and O–H groups in total. The summed E-state index contributed by atoms with van der Waals surface area (Å²) in [4.78, 5) is 22.7. The number of carbonyl (C=O) groups is 1. The lowest BCUT2D eigenvalue weighted by molar-refractivity contribution is -0.125. The molecule has 0 saturated heterocycles. The maximum Gasteiger partial charge on any atom is 0.472 e. The molecular weight excluding hydrogens is 651 g/mol. The number of amides is 1. The number of phosphoric ester groups is 1. The van der Waals surface area contributed by atoms with Gasteiger partial charge < -0.3 is 26.2 Å². The van der Waals surface area contributed by atoms with Crippen molar-refractivity contribution in [2.75, 3.05) is 19.8 Å². The summed E-state index contributed by atoms with van der Waals surface area (Å²) in [5.74, 6) is -0.411. The van der Waals surface area contributed by atoms with E-state index in [-0.39, 0.29) is 26.2 Å². The molecule has 0 bridgehead atoms. The van der Waals surface area contributed by atoms with E-state index in [2.05, 4.69) is 19.2 Å². The van der Waals surface area contributed by atoms with Crippen molar-refractivity contribution in [2.24, 2.45) is 5.73 Å². The number of hydrogen-bond acceptors (Lipinski definition) is 7. The second kappa shape index (κ2) is 36.8. The van der Waals surface area contributed by atoms with Gasteiger partial charge in [0.1, 0.15) is 0 Å². The van der Waals surface area contributed by atoms with Gasteiger partial charge in [-0.15, -0.1) is 0 Å². The number of hydrogen-bond donors (Lipinski definition) is 5. The first-order valence-electron chi connectivity index (χ1n) is 21.2. The molecular formula is C40H83N2O7P. The Morgan fingerprint density at radius 1 is 0.600 bits per heavy atom. The monoisotopic (exact) mass is 735 g/mol. The van der Waals surface area contributed by atoms with Crippen LogP contribution >= 0.6 is 7.82 Å². The van der Waals surface area contributed by atoms with Crippen molar-refractivity contribution in [1.82, 2.24) is 5.32 Å². The minimum Gasteiger partial charge on any atom is -0.393 e. The molecule has 0 aromatic heterocycles. The van der Waals surface area contributed by atoms with Gasteiger partial charge in [0.15, 0.2) is 0 Å². The van der Waals surface area contributed by atoms with Crippen LogP contribution in [0.4, 0.5) is 0 Å². The van der Waals surface area contributed by atoms with Crippen molar-refractivity contribution in [3.8, 4) is 0 Å². The Labute approximate surface area is 308 Å².